The third kappa shape index (κ3) is 2.56. The molecular weight excluding hydrogens is 366 g/mol. The highest BCUT2D eigenvalue weighted by atomic mass is 16.2. The molecule has 0 unspecified atom stereocenters. The van der Waals surface area contributed by atoms with Crippen LogP contribution in [0.15, 0.2) is 71.9 Å². The molecule has 6 nitrogen and oxygen atoms in total. The van der Waals surface area contributed by atoms with Crippen LogP contribution in [0.2, 0.25) is 0 Å². The maximum absolute atomic E-state index is 13.4. The van der Waals surface area contributed by atoms with Crippen molar-refractivity contribution in [2.45, 2.75) is 19.0 Å². The molecular formula is C23H19N3O3. The molecule has 0 spiro atoms. The minimum atomic E-state index is -0.805. The summed E-state index contributed by atoms with van der Waals surface area (Å²) in [7, 11) is 0. The lowest BCUT2D eigenvalue weighted by atomic mass is 9.86. The van der Waals surface area contributed by atoms with Crippen molar-refractivity contribution in [3.63, 3.8) is 0 Å². The fourth-order valence-electron chi connectivity index (χ4n) is 4.56. The SMILES string of the molecule is Cc1ccc(N2C(=O)[C@@H]3[C@H](C2=O)[C@H](C(=O)c2ccccc2)N2N=CC=C[C@H]32)cc1. The van der Waals surface area contributed by atoms with Gasteiger partial charge in [0, 0.05) is 11.8 Å². The molecule has 0 bridgehead atoms. The standard InChI is InChI=1S/C23H19N3O3/c1-14-9-11-16(12-10-14)25-22(28)18-17-8-5-13-24-26(17)20(19(18)23(25)29)21(27)15-6-3-2-4-7-15/h2-13,17-20H,1H3/t17-,18+,19+,20-/m1/s1. The number of hydrogen-bond donors (Lipinski definition) is 0. The lowest BCUT2D eigenvalue weighted by molar-refractivity contribution is -0.123. The molecule has 2 aromatic carbocycles. The van der Waals surface area contributed by atoms with Gasteiger partial charge in [0.2, 0.25) is 11.8 Å². The Balaban J connectivity index is 1.58. The molecule has 6 heteroatoms. The fraction of sp³-hybridized carbons (Fsp3) is 0.217. The van der Waals surface area contributed by atoms with Crippen LogP contribution < -0.4 is 4.90 Å². The monoisotopic (exact) mass is 385 g/mol. The number of allylic oxidation sites excluding steroid dienone is 1. The van der Waals surface area contributed by atoms with E-state index in [1.165, 1.54) is 4.90 Å². The predicted molar refractivity (Wildman–Crippen MR) is 108 cm³/mol. The van der Waals surface area contributed by atoms with E-state index >= 15 is 0 Å². The molecule has 3 aliphatic heterocycles. The maximum Gasteiger partial charge on any atom is 0.240 e. The van der Waals surface area contributed by atoms with E-state index in [1.54, 1.807) is 53.7 Å². The van der Waals surface area contributed by atoms with Crippen LogP contribution in [-0.4, -0.2) is 40.9 Å². The van der Waals surface area contributed by atoms with Crippen molar-refractivity contribution in [2.24, 2.45) is 16.9 Å². The van der Waals surface area contributed by atoms with Crippen molar-refractivity contribution in [1.82, 2.24) is 5.01 Å². The Kier molecular flexibility index (Phi) is 3.94. The van der Waals surface area contributed by atoms with E-state index in [2.05, 4.69) is 5.10 Å². The Labute approximate surface area is 168 Å². The number of hydrazone groups is 1. The summed E-state index contributed by atoms with van der Waals surface area (Å²) in [5, 5.41) is 5.99. The predicted octanol–water partition coefficient (Wildman–Crippen LogP) is 2.59. The van der Waals surface area contributed by atoms with E-state index in [0.29, 0.717) is 11.3 Å². The molecule has 144 valence electrons. The zero-order valence-electron chi connectivity index (χ0n) is 15.8. The summed E-state index contributed by atoms with van der Waals surface area (Å²) in [6, 6.07) is 14.9. The van der Waals surface area contributed by atoms with Crippen molar-refractivity contribution >= 4 is 29.5 Å². The summed E-state index contributed by atoms with van der Waals surface area (Å²) in [6.45, 7) is 1.95. The number of Topliss-reactive ketones (excluding diaryl/α,β-unsaturated/α-hetero) is 1. The molecule has 5 rings (SSSR count). The lowest BCUT2D eigenvalue weighted by Gasteiger charge is -2.30. The number of carbonyl (C=O) groups excluding carboxylic acids is 3. The molecule has 3 aliphatic rings. The molecule has 2 fully saturated rings. The normalized spacial score (nSPS) is 27.3. The second kappa shape index (κ2) is 6.51. The number of amides is 2. The van der Waals surface area contributed by atoms with Gasteiger partial charge in [-0.25, -0.2) is 4.90 Å². The molecule has 2 amide bonds. The van der Waals surface area contributed by atoms with Gasteiger partial charge in [-0.15, -0.1) is 0 Å². The first-order valence-electron chi connectivity index (χ1n) is 9.61. The Bertz CT molecular complexity index is 1060. The largest absolute Gasteiger partial charge is 0.292 e. The molecule has 0 N–H and O–H groups in total. The van der Waals surface area contributed by atoms with E-state index in [-0.39, 0.29) is 17.6 Å². The average molecular weight is 385 g/mol. The molecule has 4 atom stereocenters. The van der Waals surface area contributed by atoms with Crippen LogP contribution in [0.4, 0.5) is 5.69 Å². The highest BCUT2D eigenvalue weighted by Crippen LogP contribution is 2.46. The second-order valence-corrected chi connectivity index (χ2v) is 7.59. The Morgan fingerprint density at radius 2 is 1.62 bits per heavy atom. The van der Waals surface area contributed by atoms with Gasteiger partial charge in [-0.2, -0.15) is 5.10 Å². The van der Waals surface area contributed by atoms with Crippen LogP contribution in [0.3, 0.4) is 0 Å². The van der Waals surface area contributed by atoms with Crippen LogP contribution in [0.5, 0.6) is 0 Å². The van der Waals surface area contributed by atoms with Gasteiger partial charge in [-0.3, -0.25) is 19.4 Å². The van der Waals surface area contributed by atoms with E-state index < -0.39 is 23.9 Å². The number of anilines is 1. The molecule has 0 aliphatic carbocycles. The number of carbonyl (C=O) groups is 3. The first kappa shape index (κ1) is 17.6. The molecule has 2 aromatic rings. The van der Waals surface area contributed by atoms with Gasteiger partial charge in [0.15, 0.2) is 5.78 Å². The average Bonchev–Trinajstić information content (AvgIpc) is 3.22. The van der Waals surface area contributed by atoms with E-state index in [0.717, 1.165) is 5.56 Å². The quantitative estimate of drug-likeness (QED) is 0.602. The summed E-state index contributed by atoms with van der Waals surface area (Å²) in [4.78, 5) is 41.3. The Morgan fingerprint density at radius 3 is 2.34 bits per heavy atom. The van der Waals surface area contributed by atoms with Crippen molar-refractivity contribution in [1.29, 1.82) is 0 Å². The highest BCUT2D eigenvalue weighted by molar-refractivity contribution is 6.24. The summed E-state index contributed by atoms with van der Waals surface area (Å²) in [5.41, 5.74) is 2.09. The molecule has 0 aromatic heterocycles. The first-order valence-corrected chi connectivity index (χ1v) is 9.61. The number of ketones is 1. The number of fused-ring (bicyclic) bond motifs is 3. The summed E-state index contributed by atoms with van der Waals surface area (Å²) in [6.07, 6.45) is 5.21. The van der Waals surface area contributed by atoms with Crippen LogP contribution in [0.1, 0.15) is 15.9 Å². The third-order valence-corrected chi connectivity index (χ3v) is 5.91. The van der Waals surface area contributed by atoms with Crippen LogP contribution in [-0.2, 0) is 9.59 Å². The first-order chi connectivity index (χ1) is 14.1. The lowest BCUT2D eigenvalue weighted by Crippen LogP contribution is -2.46. The topological polar surface area (TPSA) is 70.1 Å². The minimum Gasteiger partial charge on any atom is -0.292 e. The van der Waals surface area contributed by atoms with Gasteiger partial charge in [0.05, 0.1) is 23.6 Å². The summed E-state index contributed by atoms with van der Waals surface area (Å²) in [5.74, 6) is -2.20. The third-order valence-electron chi connectivity index (χ3n) is 5.91. The van der Waals surface area contributed by atoms with Crippen LogP contribution in [0, 0.1) is 18.8 Å². The van der Waals surface area contributed by atoms with E-state index in [4.69, 9.17) is 0 Å². The number of rotatable bonds is 3. The summed E-state index contributed by atoms with van der Waals surface area (Å²) >= 11 is 0. The van der Waals surface area contributed by atoms with Crippen molar-refractivity contribution in [3.05, 3.63) is 77.9 Å². The van der Waals surface area contributed by atoms with Crippen LogP contribution >= 0.6 is 0 Å². The number of hydrogen-bond acceptors (Lipinski definition) is 5. The number of nitrogens with zero attached hydrogens (tertiary/aromatic N) is 3. The van der Waals surface area contributed by atoms with Gasteiger partial charge in [-0.05, 0) is 25.1 Å². The summed E-state index contributed by atoms with van der Waals surface area (Å²) < 4.78 is 0. The van der Waals surface area contributed by atoms with Crippen molar-refractivity contribution < 1.29 is 14.4 Å². The van der Waals surface area contributed by atoms with E-state index in [9.17, 15) is 14.4 Å². The molecule has 0 saturated carbocycles. The molecule has 0 radical (unpaired) electrons. The number of benzene rings is 2. The smallest absolute Gasteiger partial charge is 0.240 e. The van der Waals surface area contributed by atoms with Crippen molar-refractivity contribution in [3.8, 4) is 0 Å². The van der Waals surface area contributed by atoms with Gasteiger partial charge >= 0.3 is 0 Å². The fourth-order valence-corrected chi connectivity index (χ4v) is 4.56. The number of imide groups is 1. The molecule has 2 saturated heterocycles. The Morgan fingerprint density at radius 1 is 0.931 bits per heavy atom. The van der Waals surface area contributed by atoms with Gasteiger partial charge < -0.3 is 0 Å². The van der Waals surface area contributed by atoms with Gasteiger partial charge in [0.1, 0.15) is 6.04 Å². The van der Waals surface area contributed by atoms with Crippen LogP contribution in [0.25, 0.3) is 0 Å². The zero-order chi connectivity index (χ0) is 20.1. The van der Waals surface area contributed by atoms with Gasteiger partial charge in [0.25, 0.3) is 0 Å². The zero-order valence-corrected chi connectivity index (χ0v) is 15.8. The second-order valence-electron chi connectivity index (χ2n) is 7.59. The molecule has 29 heavy (non-hydrogen) atoms. The number of aryl methyl sites for hydroxylation is 1. The highest BCUT2D eigenvalue weighted by Gasteiger charge is 2.64. The molecule has 3 heterocycles. The van der Waals surface area contributed by atoms with Gasteiger partial charge in [-0.1, -0.05) is 54.1 Å². The van der Waals surface area contributed by atoms with E-state index in [1.807, 2.05) is 31.2 Å². The maximum atomic E-state index is 13.4. The Hall–Kier alpha value is -3.54. The minimum absolute atomic E-state index is 0.192. The van der Waals surface area contributed by atoms with Crippen molar-refractivity contribution in [2.75, 3.05) is 4.90 Å².